The maximum absolute atomic E-state index is 12.8. The monoisotopic (exact) mass is 294 g/mol. The predicted octanol–water partition coefficient (Wildman–Crippen LogP) is 3.26. The Morgan fingerprint density at radius 2 is 2.35 bits per heavy atom. The third-order valence-corrected chi connectivity index (χ3v) is 5.06. The molecule has 1 N–H and O–H groups in total. The topological polar surface area (TPSA) is 32.3 Å². The van der Waals surface area contributed by atoms with Crippen LogP contribution in [-0.4, -0.2) is 29.4 Å². The Morgan fingerprint density at radius 3 is 2.95 bits per heavy atom. The van der Waals surface area contributed by atoms with E-state index in [9.17, 15) is 4.79 Å². The summed E-state index contributed by atoms with van der Waals surface area (Å²) in [5.74, 6) is 0.965. The standard InChI is InChI=1S/C16H26N2OS/c1-4-13-7-8-17-15(10-13)16(19)18(12(2)3)11-14-6-5-9-20-14/h5-6,9,12-13,15,17H,4,7-8,10-11H2,1-3H3. The normalized spacial score (nSPS) is 23.0. The second-order valence-electron chi connectivity index (χ2n) is 5.94. The molecule has 1 aliphatic rings. The van der Waals surface area contributed by atoms with Crippen molar-refractivity contribution in [3.8, 4) is 0 Å². The summed E-state index contributed by atoms with van der Waals surface area (Å²) >= 11 is 1.72. The molecule has 112 valence electrons. The van der Waals surface area contributed by atoms with Crippen LogP contribution >= 0.6 is 11.3 Å². The third-order valence-electron chi connectivity index (χ3n) is 4.20. The molecule has 2 unspecified atom stereocenters. The molecule has 0 bridgehead atoms. The molecule has 1 aliphatic heterocycles. The lowest BCUT2D eigenvalue weighted by molar-refractivity contribution is -0.136. The SMILES string of the molecule is CCC1CCNC(C(=O)N(Cc2cccs2)C(C)C)C1. The predicted molar refractivity (Wildman–Crippen MR) is 84.8 cm³/mol. The zero-order valence-corrected chi connectivity index (χ0v) is 13.6. The molecular formula is C16H26N2OS. The van der Waals surface area contributed by atoms with E-state index in [1.54, 1.807) is 11.3 Å². The van der Waals surface area contributed by atoms with Crippen molar-refractivity contribution in [2.45, 2.75) is 58.7 Å². The lowest BCUT2D eigenvalue weighted by Gasteiger charge is -2.35. The van der Waals surface area contributed by atoms with E-state index in [2.05, 4.69) is 43.6 Å². The van der Waals surface area contributed by atoms with E-state index in [0.717, 1.165) is 19.5 Å². The number of carbonyl (C=O) groups is 1. The van der Waals surface area contributed by atoms with Crippen molar-refractivity contribution in [1.82, 2.24) is 10.2 Å². The van der Waals surface area contributed by atoms with Gasteiger partial charge in [0.1, 0.15) is 0 Å². The number of hydrogen-bond acceptors (Lipinski definition) is 3. The lowest BCUT2D eigenvalue weighted by atomic mass is 9.89. The van der Waals surface area contributed by atoms with Crippen molar-refractivity contribution < 1.29 is 4.79 Å². The van der Waals surface area contributed by atoms with Crippen molar-refractivity contribution in [2.24, 2.45) is 5.92 Å². The van der Waals surface area contributed by atoms with Crippen molar-refractivity contribution in [3.05, 3.63) is 22.4 Å². The van der Waals surface area contributed by atoms with Crippen LogP contribution in [0.3, 0.4) is 0 Å². The van der Waals surface area contributed by atoms with Crippen molar-refractivity contribution in [2.75, 3.05) is 6.54 Å². The van der Waals surface area contributed by atoms with Crippen LogP contribution in [0.25, 0.3) is 0 Å². The van der Waals surface area contributed by atoms with E-state index in [1.807, 2.05) is 4.90 Å². The highest BCUT2D eigenvalue weighted by Gasteiger charge is 2.30. The van der Waals surface area contributed by atoms with Gasteiger partial charge in [-0.3, -0.25) is 4.79 Å². The fourth-order valence-corrected chi connectivity index (χ4v) is 3.54. The second-order valence-corrected chi connectivity index (χ2v) is 6.98. The van der Waals surface area contributed by atoms with Crippen molar-refractivity contribution in [1.29, 1.82) is 0 Å². The van der Waals surface area contributed by atoms with Crippen LogP contribution < -0.4 is 5.32 Å². The van der Waals surface area contributed by atoms with E-state index in [-0.39, 0.29) is 18.0 Å². The van der Waals surface area contributed by atoms with Gasteiger partial charge in [-0.15, -0.1) is 11.3 Å². The molecule has 2 atom stereocenters. The van der Waals surface area contributed by atoms with Gasteiger partial charge in [0.25, 0.3) is 0 Å². The molecule has 1 amide bonds. The highest BCUT2D eigenvalue weighted by molar-refractivity contribution is 7.09. The van der Waals surface area contributed by atoms with Crippen molar-refractivity contribution in [3.63, 3.8) is 0 Å². The molecule has 2 rings (SSSR count). The molecule has 1 aromatic rings. The van der Waals surface area contributed by atoms with E-state index in [0.29, 0.717) is 5.92 Å². The second kappa shape index (κ2) is 7.23. The van der Waals surface area contributed by atoms with Gasteiger partial charge in [0, 0.05) is 10.9 Å². The van der Waals surface area contributed by atoms with Gasteiger partial charge in [0.05, 0.1) is 12.6 Å². The number of nitrogens with zero attached hydrogens (tertiary/aromatic N) is 1. The van der Waals surface area contributed by atoms with Crippen LogP contribution in [0.1, 0.15) is 44.9 Å². The number of hydrogen-bond donors (Lipinski definition) is 1. The molecule has 0 aromatic carbocycles. The van der Waals surface area contributed by atoms with Gasteiger partial charge in [-0.1, -0.05) is 19.4 Å². The molecule has 0 spiro atoms. The average molecular weight is 294 g/mol. The van der Waals surface area contributed by atoms with Crippen molar-refractivity contribution >= 4 is 17.2 Å². The Labute approximate surface area is 126 Å². The number of rotatable bonds is 5. The number of nitrogens with one attached hydrogen (secondary N) is 1. The first-order valence-corrected chi connectivity index (χ1v) is 8.56. The van der Waals surface area contributed by atoms with Crippen LogP contribution in [0, 0.1) is 5.92 Å². The van der Waals surface area contributed by atoms with Gasteiger partial charge >= 0.3 is 0 Å². The van der Waals surface area contributed by atoms with Crippen LogP contribution in [0.2, 0.25) is 0 Å². The maximum Gasteiger partial charge on any atom is 0.240 e. The molecule has 1 saturated heterocycles. The van der Waals surface area contributed by atoms with Crippen LogP contribution in [-0.2, 0) is 11.3 Å². The average Bonchev–Trinajstić information content (AvgIpc) is 2.97. The summed E-state index contributed by atoms with van der Waals surface area (Å²) < 4.78 is 0. The summed E-state index contributed by atoms with van der Waals surface area (Å²) in [5.41, 5.74) is 0. The first kappa shape index (κ1) is 15.5. The Balaban J connectivity index is 2.02. The molecule has 3 nitrogen and oxygen atoms in total. The van der Waals surface area contributed by atoms with Crippen LogP contribution in [0.5, 0.6) is 0 Å². The highest BCUT2D eigenvalue weighted by Crippen LogP contribution is 2.22. The Hall–Kier alpha value is -0.870. The summed E-state index contributed by atoms with van der Waals surface area (Å²) in [6.07, 6.45) is 3.37. The maximum atomic E-state index is 12.8. The zero-order valence-electron chi connectivity index (χ0n) is 12.8. The number of carbonyl (C=O) groups excluding carboxylic acids is 1. The highest BCUT2D eigenvalue weighted by atomic mass is 32.1. The Morgan fingerprint density at radius 1 is 1.55 bits per heavy atom. The number of piperidine rings is 1. The first-order chi connectivity index (χ1) is 9.61. The quantitative estimate of drug-likeness (QED) is 0.904. The first-order valence-electron chi connectivity index (χ1n) is 7.68. The molecule has 0 saturated carbocycles. The summed E-state index contributed by atoms with van der Waals surface area (Å²) in [5, 5.41) is 5.48. The van der Waals surface area contributed by atoms with Gasteiger partial charge in [-0.25, -0.2) is 0 Å². The molecule has 1 fully saturated rings. The van der Waals surface area contributed by atoms with Gasteiger partial charge in [0.2, 0.25) is 5.91 Å². The zero-order chi connectivity index (χ0) is 14.5. The largest absolute Gasteiger partial charge is 0.334 e. The van der Waals surface area contributed by atoms with Gasteiger partial charge in [-0.05, 0) is 50.6 Å². The summed E-state index contributed by atoms with van der Waals surface area (Å²) in [6.45, 7) is 8.14. The molecule has 0 aliphatic carbocycles. The minimum atomic E-state index is 0.0102. The van der Waals surface area contributed by atoms with Gasteiger partial charge in [0.15, 0.2) is 0 Å². The fourth-order valence-electron chi connectivity index (χ4n) is 2.84. The van der Waals surface area contributed by atoms with Crippen LogP contribution in [0.4, 0.5) is 0 Å². The molecule has 1 aromatic heterocycles. The smallest absolute Gasteiger partial charge is 0.240 e. The van der Waals surface area contributed by atoms with E-state index >= 15 is 0 Å². The Kier molecular flexibility index (Phi) is 5.61. The Bertz CT molecular complexity index is 416. The minimum absolute atomic E-state index is 0.0102. The number of thiophene rings is 1. The summed E-state index contributed by atoms with van der Waals surface area (Å²) in [7, 11) is 0. The van der Waals surface area contributed by atoms with E-state index in [4.69, 9.17) is 0 Å². The van der Waals surface area contributed by atoms with Crippen LogP contribution in [0.15, 0.2) is 17.5 Å². The fraction of sp³-hybridized carbons (Fsp3) is 0.688. The molecule has 20 heavy (non-hydrogen) atoms. The molecule has 0 radical (unpaired) electrons. The third kappa shape index (κ3) is 3.83. The summed E-state index contributed by atoms with van der Waals surface area (Å²) in [6, 6.07) is 4.41. The molecule has 4 heteroatoms. The van der Waals surface area contributed by atoms with E-state index < -0.39 is 0 Å². The lowest BCUT2D eigenvalue weighted by Crippen LogP contribution is -2.51. The molecule has 2 heterocycles. The molecular weight excluding hydrogens is 268 g/mol. The van der Waals surface area contributed by atoms with Gasteiger partial charge < -0.3 is 10.2 Å². The van der Waals surface area contributed by atoms with Gasteiger partial charge in [-0.2, -0.15) is 0 Å². The summed E-state index contributed by atoms with van der Waals surface area (Å²) in [4.78, 5) is 16.1. The minimum Gasteiger partial charge on any atom is -0.334 e. The number of amides is 1. The van der Waals surface area contributed by atoms with E-state index in [1.165, 1.54) is 17.7 Å².